The Morgan fingerprint density at radius 1 is 1.24 bits per heavy atom. The van der Waals surface area contributed by atoms with Crippen LogP contribution in [0.25, 0.3) is 10.9 Å². The van der Waals surface area contributed by atoms with Crippen LogP contribution in [0.1, 0.15) is 20.9 Å². The van der Waals surface area contributed by atoms with Gasteiger partial charge in [0.2, 0.25) is 0 Å². The van der Waals surface area contributed by atoms with Gasteiger partial charge < -0.3 is 0 Å². The summed E-state index contributed by atoms with van der Waals surface area (Å²) in [5, 5.41) is 1.07. The summed E-state index contributed by atoms with van der Waals surface area (Å²) in [4.78, 5) is 17.8. The minimum atomic E-state index is 0.105. The van der Waals surface area contributed by atoms with Crippen LogP contribution in [0.5, 0.6) is 0 Å². The number of carbonyl (C=O) groups excluding carboxylic acids is 1. The van der Waals surface area contributed by atoms with Gasteiger partial charge in [0.15, 0.2) is 5.78 Å². The minimum absolute atomic E-state index is 0.105. The second-order valence-corrected chi connectivity index (χ2v) is 8.05. The number of rotatable bonds is 3. The van der Waals surface area contributed by atoms with Gasteiger partial charge in [0.25, 0.3) is 0 Å². The normalized spacial score (nSPS) is 11.0. The van der Waals surface area contributed by atoms with Crippen LogP contribution >= 0.6 is 43.2 Å². The second-order valence-electron chi connectivity index (χ2n) is 4.77. The van der Waals surface area contributed by atoms with E-state index in [9.17, 15) is 4.79 Å². The number of aryl methyl sites for hydroxylation is 1. The van der Waals surface area contributed by atoms with Gasteiger partial charge in [0.1, 0.15) is 0 Å². The molecule has 0 aliphatic carbocycles. The molecule has 0 saturated heterocycles. The number of benzene rings is 1. The number of aromatic nitrogens is 1. The summed E-state index contributed by atoms with van der Waals surface area (Å²) in [5.41, 5.74) is 2.85. The maximum absolute atomic E-state index is 12.5. The van der Waals surface area contributed by atoms with E-state index in [4.69, 9.17) is 0 Å². The maximum Gasteiger partial charge on any atom is 0.178 e. The maximum atomic E-state index is 12.5. The van der Waals surface area contributed by atoms with E-state index >= 15 is 0 Å². The van der Waals surface area contributed by atoms with Crippen LogP contribution < -0.4 is 0 Å². The molecule has 0 aliphatic heterocycles. The first kappa shape index (κ1) is 14.9. The van der Waals surface area contributed by atoms with Crippen molar-refractivity contribution in [1.82, 2.24) is 4.98 Å². The van der Waals surface area contributed by atoms with Crippen molar-refractivity contribution in [3.05, 3.63) is 60.8 Å². The third kappa shape index (κ3) is 3.10. The summed E-state index contributed by atoms with van der Waals surface area (Å²) in [7, 11) is 0. The zero-order valence-electron chi connectivity index (χ0n) is 11.2. The van der Waals surface area contributed by atoms with Gasteiger partial charge in [-0.2, -0.15) is 0 Å². The number of halogens is 2. The molecule has 3 aromatic rings. The Morgan fingerprint density at radius 3 is 2.76 bits per heavy atom. The Balaban J connectivity index is 2.00. The van der Waals surface area contributed by atoms with Crippen molar-refractivity contribution in [2.75, 3.05) is 0 Å². The van der Waals surface area contributed by atoms with Gasteiger partial charge in [-0.25, -0.2) is 0 Å². The molecule has 2 heterocycles. The molecule has 0 unspecified atom stereocenters. The number of pyridine rings is 1. The minimum Gasteiger partial charge on any atom is -0.293 e. The molecule has 5 heteroatoms. The molecule has 106 valence electrons. The van der Waals surface area contributed by atoms with Crippen molar-refractivity contribution in [3.63, 3.8) is 0 Å². The predicted molar refractivity (Wildman–Crippen MR) is 94.2 cm³/mol. The van der Waals surface area contributed by atoms with Crippen molar-refractivity contribution in [2.45, 2.75) is 13.3 Å². The van der Waals surface area contributed by atoms with E-state index in [0.717, 1.165) is 35.3 Å². The molecule has 0 fully saturated rings. The van der Waals surface area contributed by atoms with E-state index in [1.807, 2.05) is 43.3 Å². The molecule has 3 rings (SSSR count). The van der Waals surface area contributed by atoms with Crippen molar-refractivity contribution in [3.8, 4) is 0 Å². The number of para-hydroxylation sites is 1. The molecule has 0 saturated carbocycles. The van der Waals surface area contributed by atoms with Crippen LogP contribution in [0.4, 0.5) is 0 Å². The summed E-state index contributed by atoms with van der Waals surface area (Å²) < 4.78 is 1.79. The van der Waals surface area contributed by atoms with Crippen molar-refractivity contribution in [1.29, 1.82) is 0 Å². The van der Waals surface area contributed by atoms with E-state index < -0.39 is 0 Å². The number of Topliss-reactive ketones (excluding diaryl/α,β-unsaturated/α-hetero) is 1. The molecule has 0 aliphatic rings. The standard InChI is InChI=1S/C16H11Br2NOS/c1-9-5-6-10-3-2-4-11(15(10)19-9)7-13(20)16-12(17)8-14(18)21-16/h2-6,8H,7H2,1H3. The van der Waals surface area contributed by atoms with Crippen molar-refractivity contribution >= 4 is 59.9 Å². The lowest BCUT2D eigenvalue weighted by Gasteiger charge is -2.06. The highest BCUT2D eigenvalue weighted by molar-refractivity contribution is 9.11. The number of hydrogen-bond acceptors (Lipinski definition) is 3. The van der Waals surface area contributed by atoms with Crippen LogP contribution in [0.15, 0.2) is 44.7 Å². The Kier molecular flexibility index (Phi) is 4.24. The summed E-state index contributed by atoms with van der Waals surface area (Å²) in [6.07, 6.45) is 0.360. The van der Waals surface area contributed by atoms with E-state index in [2.05, 4.69) is 36.8 Å². The molecule has 0 amide bonds. The Hall–Kier alpha value is -1.04. The molecule has 2 nitrogen and oxygen atoms in total. The first-order valence-electron chi connectivity index (χ1n) is 6.38. The lowest BCUT2D eigenvalue weighted by molar-refractivity contribution is 0.0996. The van der Waals surface area contributed by atoms with Gasteiger partial charge in [0, 0.05) is 22.0 Å². The monoisotopic (exact) mass is 423 g/mol. The van der Waals surface area contributed by atoms with Crippen LogP contribution in [-0.2, 0) is 6.42 Å². The molecular formula is C16H11Br2NOS. The molecular weight excluding hydrogens is 414 g/mol. The number of fused-ring (bicyclic) bond motifs is 1. The quantitative estimate of drug-likeness (QED) is 0.515. The largest absolute Gasteiger partial charge is 0.293 e. The number of hydrogen-bond donors (Lipinski definition) is 0. The number of nitrogens with zero attached hydrogens (tertiary/aromatic N) is 1. The third-order valence-electron chi connectivity index (χ3n) is 3.20. The number of thiophene rings is 1. The van der Waals surface area contributed by atoms with Crippen molar-refractivity contribution < 1.29 is 4.79 Å². The van der Waals surface area contributed by atoms with Gasteiger partial charge >= 0.3 is 0 Å². The van der Waals surface area contributed by atoms with E-state index in [1.54, 1.807) is 0 Å². The first-order valence-corrected chi connectivity index (χ1v) is 8.78. The van der Waals surface area contributed by atoms with Crippen LogP contribution in [0.3, 0.4) is 0 Å². The molecule has 1 aromatic carbocycles. The average Bonchev–Trinajstić information content (AvgIpc) is 2.78. The Morgan fingerprint density at radius 2 is 2.05 bits per heavy atom. The Bertz CT molecular complexity index is 841. The van der Waals surface area contributed by atoms with Crippen LogP contribution in [-0.4, -0.2) is 10.8 Å². The first-order chi connectivity index (χ1) is 10.0. The fraction of sp³-hybridized carbons (Fsp3) is 0.125. The number of ketones is 1. The summed E-state index contributed by atoms with van der Waals surface area (Å²) in [6.45, 7) is 1.96. The highest BCUT2D eigenvalue weighted by Crippen LogP contribution is 2.32. The second kappa shape index (κ2) is 5.99. The van der Waals surface area contributed by atoms with Gasteiger partial charge in [-0.15, -0.1) is 11.3 Å². The highest BCUT2D eigenvalue weighted by atomic mass is 79.9. The topological polar surface area (TPSA) is 30.0 Å². The fourth-order valence-corrected chi connectivity index (χ4v) is 4.81. The molecule has 0 atom stereocenters. The van der Waals surface area contributed by atoms with Gasteiger partial charge in [-0.05, 0) is 56.5 Å². The zero-order chi connectivity index (χ0) is 15.0. The van der Waals surface area contributed by atoms with Crippen LogP contribution in [0.2, 0.25) is 0 Å². The zero-order valence-corrected chi connectivity index (χ0v) is 15.2. The fourth-order valence-electron chi connectivity index (χ4n) is 2.23. The van der Waals surface area contributed by atoms with E-state index in [1.165, 1.54) is 11.3 Å². The van der Waals surface area contributed by atoms with Crippen LogP contribution in [0, 0.1) is 6.92 Å². The third-order valence-corrected chi connectivity index (χ3v) is 5.77. The molecule has 21 heavy (non-hydrogen) atoms. The molecule has 0 bridgehead atoms. The SMILES string of the molecule is Cc1ccc2cccc(CC(=O)c3sc(Br)cc3Br)c2n1. The molecule has 0 radical (unpaired) electrons. The lowest BCUT2D eigenvalue weighted by atomic mass is 10.0. The number of carbonyl (C=O) groups is 1. The average molecular weight is 425 g/mol. The summed E-state index contributed by atoms with van der Waals surface area (Å²) >= 11 is 8.30. The highest BCUT2D eigenvalue weighted by Gasteiger charge is 2.16. The van der Waals surface area contributed by atoms with Gasteiger partial charge in [-0.3, -0.25) is 9.78 Å². The Labute approximate surface area is 143 Å². The van der Waals surface area contributed by atoms with Crippen molar-refractivity contribution in [2.24, 2.45) is 0 Å². The molecule has 2 aromatic heterocycles. The van der Waals surface area contributed by atoms with Gasteiger partial charge in [0.05, 0.1) is 14.2 Å². The smallest absolute Gasteiger partial charge is 0.178 e. The van der Waals surface area contributed by atoms with Gasteiger partial charge in [-0.1, -0.05) is 24.3 Å². The lowest BCUT2D eigenvalue weighted by Crippen LogP contribution is -2.03. The predicted octanol–water partition coefficient (Wildman–Crippen LogP) is 5.56. The summed E-state index contributed by atoms with van der Waals surface area (Å²) in [5.74, 6) is 0.105. The summed E-state index contributed by atoms with van der Waals surface area (Å²) in [6, 6.07) is 11.9. The van der Waals surface area contributed by atoms with E-state index in [-0.39, 0.29) is 5.78 Å². The molecule has 0 N–H and O–H groups in total. The molecule has 0 spiro atoms. The van der Waals surface area contributed by atoms with E-state index in [0.29, 0.717) is 6.42 Å².